The Balaban J connectivity index is 1.97. The number of hydrogen-bond donors (Lipinski definition) is 2. The topological polar surface area (TPSA) is 50.4 Å². The molecule has 0 bridgehead atoms. The average Bonchev–Trinajstić information content (AvgIpc) is 2.52. The molecule has 0 unspecified atom stereocenters. The number of esters is 1. The summed E-state index contributed by atoms with van der Waals surface area (Å²) in [5, 5.41) is 6.20. The van der Waals surface area contributed by atoms with Crippen molar-refractivity contribution in [2.24, 2.45) is 0 Å². The molecule has 0 aliphatic rings. The molecule has 0 aliphatic heterocycles. The molecule has 2 aromatic rings. The highest BCUT2D eigenvalue weighted by molar-refractivity contribution is 7.80. The average molecular weight is 332 g/mol. The van der Waals surface area contributed by atoms with Crippen LogP contribution in [0, 0.1) is 12.7 Å². The number of hydrogen-bond acceptors (Lipinski definition) is 3. The summed E-state index contributed by atoms with van der Waals surface area (Å²) in [7, 11) is 0. The second-order valence-corrected chi connectivity index (χ2v) is 5.25. The van der Waals surface area contributed by atoms with Gasteiger partial charge in [0.05, 0.1) is 12.2 Å². The first-order chi connectivity index (χ1) is 11.0. The van der Waals surface area contributed by atoms with Crippen molar-refractivity contribution in [3.8, 4) is 0 Å². The lowest BCUT2D eigenvalue weighted by Gasteiger charge is -2.11. The normalized spacial score (nSPS) is 10.0. The van der Waals surface area contributed by atoms with Crippen molar-refractivity contribution in [2.75, 3.05) is 17.2 Å². The van der Waals surface area contributed by atoms with E-state index in [2.05, 4.69) is 10.6 Å². The Kier molecular flexibility index (Phi) is 5.65. The van der Waals surface area contributed by atoms with E-state index >= 15 is 0 Å². The van der Waals surface area contributed by atoms with Gasteiger partial charge in [-0.05, 0) is 68.0 Å². The summed E-state index contributed by atoms with van der Waals surface area (Å²) >= 11 is 5.18. The van der Waals surface area contributed by atoms with Gasteiger partial charge in [-0.1, -0.05) is 6.07 Å². The van der Waals surface area contributed by atoms with E-state index in [1.807, 2.05) is 0 Å². The lowest BCUT2D eigenvalue weighted by Crippen LogP contribution is -2.19. The lowest BCUT2D eigenvalue weighted by molar-refractivity contribution is 0.0526. The molecule has 2 rings (SSSR count). The molecule has 0 aliphatic carbocycles. The molecule has 0 radical (unpaired) electrons. The Morgan fingerprint density at radius 1 is 1.13 bits per heavy atom. The summed E-state index contributed by atoms with van der Waals surface area (Å²) in [5.41, 5.74) is 2.32. The summed E-state index contributed by atoms with van der Waals surface area (Å²) in [6, 6.07) is 11.5. The van der Waals surface area contributed by atoms with E-state index in [0.29, 0.717) is 34.2 Å². The van der Waals surface area contributed by atoms with E-state index in [9.17, 15) is 9.18 Å². The number of nitrogens with one attached hydrogen (secondary N) is 2. The highest BCUT2D eigenvalue weighted by Gasteiger charge is 2.06. The predicted octanol–water partition coefficient (Wildman–Crippen LogP) is 4.12. The molecular weight excluding hydrogens is 315 g/mol. The fourth-order valence-electron chi connectivity index (χ4n) is 1.87. The maximum atomic E-state index is 13.5. The number of benzene rings is 2. The summed E-state index contributed by atoms with van der Waals surface area (Å²) in [6.45, 7) is 3.78. The molecule has 0 atom stereocenters. The number of thiocarbonyl (C=S) groups is 1. The number of anilines is 2. The predicted molar refractivity (Wildman–Crippen MR) is 93.4 cm³/mol. The second-order valence-electron chi connectivity index (χ2n) is 4.84. The van der Waals surface area contributed by atoms with Gasteiger partial charge >= 0.3 is 5.97 Å². The smallest absolute Gasteiger partial charge is 0.338 e. The number of aryl methyl sites for hydroxylation is 1. The number of ether oxygens (including phenoxy) is 1. The Labute approximate surface area is 139 Å². The van der Waals surface area contributed by atoms with Crippen LogP contribution < -0.4 is 10.6 Å². The summed E-state index contributed by atoms with van der Waals surface area (Å²) < 4.78 is 18.4. The third kappa shape index (κ3) is 4.75. The fraction of sp³-hybridized carbons (Fsp3) is 0.176. The zero-order valence-electron chi connectivity index (χ0n) is 12.9. The van der Waals surface area contributed by atoms with Crippen molar-refractivity contribution in [1.82, 2.24) is 0 Å². The van der Waals surface area contributed by atoms with E-state index < -0.39 is 0 Å². The quantitative estimate of drug-likeness (QED) is 0.651. The highest BCUT2D eigenvalue weighted by atomic mass is 32.1. The first-order valence-corrected chi connectivity index (χ1v) is 7.51. The molecule has 120 valence electrons. The minimum atomic E-state index is -0.366. The van der Waals surface area contributed by atoms with Gasteiger partial charge < -0.3 is 15.4 Å². The van der Waals surface area contributed by atoms with Crippen LogP contribution in [0.5, 0.6) is 0 Å². The van der Waals surface area contributed by atoms with Gasteiger partial charge in [0, 0.05) is 11.4 Å². The summed E-state index contributed by atoms with van der Waals surface area (Å²) in [5.74, 6) is -0.661. The molecule has 4 nitrogen and oxygen atoms in total. The number of rotatable bonds is 4. The van der Waals surface area contributed by atoms with E-state index in [-0.39, 0.29) is 11.8 Å². The largest absolute Gasteiger partial charge is 0.462 e. The third-order valence-corrected chi connectivity index (χ3v) is 3.29. The zero-order chi connectivity index (χ0) is 16.8. The van der Waals surface area contributed by atoms with Crippen LogP contribution in [-0.4, -0.2) is 17.7 Å². The molecule has 23 heavy (non-hydrogen) atoms. The van der Waals surface area contributed by atoms with E-state index in [0.717, 1.165) is 0 Å². The van der Waals surface area contributed by atoms with E-state index in [1.54, 1.807) is 50.2 Å². The van der Waals surface area contributed by atoms with Crippen molar-refractivity contribution in [2.45, 2.75) is 13.8 Å². The molecule has 0 saturated heterocycles. The Bertz CT molecular complexity index is 717. The molecule has 0 amide bonds. The molecule has 0 fully saturated rings. The molecule has 2 aromatic carbocycles. The highest BCUT2D eigenvalue weighted by Crippen LogP contribution is 2.15. The minimum absolute atomic E-state index is 0.295. The molecule has 0 spiro atoms. The van der Waals surface area contributed by atoms with Crippen LogP contribution in [0.3, 0.4) is 0 Å². The maximum absolute atomic E-state index is 13.5. The summed E-state index contributed by atoms with van der Waals surface area (Å²) in [4.78, 5) is 11.6. The third-order valence-electron chi connectivity index (χ3n) is 3.08. The van der Waals surface area contributed by atoms with E-state index in [1.165, 1.54) is 6.07 Å². The Morgan fingerprint density at radius 2 is 1.74 bits per heavy atom. The van der Waals surface area contributed by atoms with Crippen molar-refractivity contribution in [1.29, 1.82) is 0 Å². The molecule has 0 heterocycles. The number of carbonyl (C=O) groups is 1. The van der Waals surface area contributed by atoms with Crippen molar-refractivity contribution < 1.29 is 13.9 Å². The number of halogens is 1. The van der Waals surface area contributed by atoms with Crippen LogP contribution in [0.1, 0.15) is 22.8 Å². The minimum Gasteiger partial charge on any atom is -0.462 e. The number of carbonyl (C=O) groups excluding carboxylic acids is 1. The molecule has 0 aromatic heterocycles. The molecule has 6 heteroatoms. The monoisotopic (exact) mass is 332 g/mol. The first kappa shape index (κ1) is 16.9. The maximum Gasteiger partial charge on any atom is 0.338 e. The SMILES string of the molecule is CCOC(=O)c1ccc(NC(=S)Nc2ccc(C)c(F)c2)cc1. The van der Waals surface area contributed by atoms with Crippen LogP contribution in [0.25, 0.3) is 0 Å². The van der Waals surface area contributed by atoms with Crippen molar-refractivity contribution in [3.63, 3.8) is 0 Å². The Hall–Kier alpha value is -2.47. The standard InChI is InChI=1S/C17H17FN2O2S/c1-3-22-16(21)12-5-8-13(9-6-12)19-17(23)20-14-7-4-11(2)15(18)10-14/h4-10H,3H2,1-2H3,(H2,19,20,23). The van der Waals surface area contributed by atoms with Gasteiger partial charge in [0.15, 0.2) is 5.11 Å². The summed E-state index contributed by atoms with van der Waals surface area (Å²) in [6.07, 6.45) is 0. The van der Waals surface area contributed by atoms with Gasteiger partial charge in [-0.3, -0.25) is 0 Å². The first-order valence-electron chi connectivity index (χ1n) is 7.11. The van der Waals surface area contributed by atoms with Crippen LogP contribution in [0.2, 0.25) is 0 Å². The second kappa shape index (κ2) is 7.69. The Morgan fingerprint density at radius 3 is 2.35 bits per heavy atom. The molecule has 2 N–H and O–H groups in total. The van der Waals surface area contributed by atoms with E-state index in [4.69, 9.17) is 17.0 Å². The van der Waals surface area contributed by atoms with Crippen LogP contribution in [-0.2, 0) is 4.74 Å². The molecule has 0 saturated carbocycles. The lowest BCUT2D eigenvalue weighted by atomic mass is 10.2. The van der Waals surface area contributed by atoms with Crippen molar-refractivity contribution >= 4 is 34.7 Å². The van der Waals surface area contributed by atoms with Crippen molar-refractivity contribution in [3.05, 3.63) is 59.4 Å². The van der Waals surface area contributed by atoms with Gasteiger partial charge in [0.2, 0.25) is 0 Å². The fourth-order valence-corrected chi connectivity index (χ4v) is 2.10. The van der Waals surface area contributed by atoms with Gasteiger partial charge in [-0.15, -0.1) is 0 Å². The van der Waals surface area contributed by atoms with Crippen LogP contribution in [0.15, 0.2) is 42.5 Å². The molecular formula is C17H17FN2O2S. The van der Waals surface area contributed by atoms with Gasteiger partial charge in [0.25, 0.3) is 0 Å². The van der Waals surface area contributed by atoms with Gasteiger partial charge in [-0.2, -0.15) is 0 Å². The van der Waals surface area contributed by atoms with Crippen LogP contribution >= 0.6 is 12.2 Å². The van der Waals surface area contributed by atoms with Gasteiger partial charge in [0.1, 0.15) is 5.82 Å². The zero-order valence-corrected chi connectivity index (χ0v) is 13.7. The van der Waals surface area contributed by atoms with Crippen LogP contribution in [0.4, 0.5) is 15.8 Å². The van der Waals surface area contributed by atoms with Gasteiger partial charge in [-0.25, -0.2) is 9.18 Å².